The molecule has 3 aliphatic rings. The molecule has 7 rings (SSSR count). The molecular formula is C52H66N6O8. The zero-order valence-corrected chi connectivity index (χ0v) is 39.9. The second-order valence-electron chi connectivity index (χ2n) is 19.7. The van der Waals surface area contributed by atoms with Crippen molar-refractivity contribution in [3.8, 4) is 34.2 Å². The summed E-state index contributed by atoms with van der Waals surface area (Å²) < 4.78 is 20.4. The van der Waals surface area contributed by atoms with Gasteiger partial charge in [-0.3, -0.25) is 29.2 Å². The molecule has 3 amide bonds. The quantitative estimate of drug-likeness (QED) is 0.127. The summed E-state index contributed by atoms with van der Waals surface area (Å²) in [5, 5.41) is 15.5. The Hall–Kier alpha value is -5.59. The van der Waals surface area contributed by atoms with Crippen molar-refractivity contribution < 1.29 is 38.5 Å². The van der Waals surface area contributed by atoms with Crippen molar-refractivity contribution in [3.05, 3.63) is 77.6 Å². The summed E-state index contributed by atoms with van der Waals surface area (Å²) in [6, 6.07) is 17.0. The molecule has 5 heterocycles. The van der Waals surface area contributed by atoms with E-state index in [1.807, 2.05) is 39.0 Å². The van der Waals surface area contributed by atoms with Crippen LogP contribution >= 0.6 is 0 Å². The van der Waals surface area contributed by atoms with Crippen molar-refractivity contribution in [2.24, 2.45) is 17.3 Å². The van der Waals surface area contributed by atoms with Crippen LogP contribution < -0.4 is 10.7 Å². The molecule has 2 saturated heterocycles. The maximum Gasteiger partial charge on any atom is 0.324 e. The Morgan fingerprint density at radius 3 is 2.55 bits per heavy atom. The molecule has 3 N–H and O–H groups in total. The summed E-state index contributed by atoms with van der Waals surface area (Å²) >= 11 is 0. The minimum atomic E-state index is -1.28. The maximum absolute atomic E-state index is 14.6. The van der Waals surface area contributed by atoms with Crippen LogP contribution in [-0.2, 0) is 52.8 Å². The molecule has 1 unspecified atom stereocenters. The molecule has 6 bridgehead atoms. The Labute approximate surface area is 388 Å². The number of carbonyl (C=O) groups excluding carboxylic acids is 4. The maximum atomic E-state index is 14.6. The van der Waals surface area contributed by atoms with Gasteiger partial charge >= 0.3 is 5.97 Å². The number of nitrogens with zero attached hydrogens (tertiary/aromatic N) is 4. The van der Waals surface area contributed by atoms with Crippen LogP contribution in [0.1, 0.15) is 91.2 Å². The van der Waals surface area contributed by atoms with Crippen LogP contribution in [0.15, 0.2) is 60.8 Å². The molecule has 14 nitrogen and oxygen atoms in total. The first kappa shape index (κ1) is 48.3. The zero-order valence-electron chi connectivity index (χ0n) is 39.9. The summed E-state index contributed by atoms with van der Waals surface area (Å²) in [6.07, 6.45) is 3.13. The van der Waals surface area contributed by atoms with Gasteiger partial charge in [0.25, 0.3) is 11.8 Å². The highest BCUT2D eigenvalue weighted by molar-refractivity contribution is 5.96. The lowest BCUT2D eigenvalue weighted by atomic mass is 9.84. The number of likely N-dealkylation sites (tertiary alicyclic amines) is 1. The number of rotatable bonds is 10. The van der Waals surface area contributed by atoms with E-state index < -0.39 is 40.9 Å². The van der Waals surface area contributed by atoms with Gasteiger partial charge in [-0.1, -0.05) is 63.9 Å². The van der Waals surface area contributed by atoms with E-state index in [-0.39, 0.29) is 49.6 Å². The van der Waals surface area contributed by atoms with Gasteiger partial charge in [0.15, 0.2) is 0 Å². The molecule has 2 aromatic heterocycles. The summed E-state index contributed by atoms with van der Waals surface area (Å²) in [4.78, 5) is 61.6. The predicted octanol–water partition coefficient (Wildman–Crippen LogP) is 6.02. The monoisotopic (exact) mass is 902 g/mol. The minimum Gasteiger partial charge on any atom is -0.464 e. The van der Waals surface area contributed by atoms with Gasteiger partial charge in [0.1, 0.15) is 17.7 Å². The van der Waals surface area contributed by atoms with E-state index in [0.717, 1.165) is 50.1 Å². The first-order valence-corrected chi connectivity index (χ1v) is 23.3. The number of esters is 1. The van der Waals surface area contributed by atoms with Crippen LogP contribution in [0.2, 0.25) is 0 Å². The van der Waals surface area contributed by atoms with E-state index >= 15 is 0 Å². The Bertz CT molecular complexity index is 2510. The first-order valence-electron chi connectivity index (χ1n) is 23.3. The van der Waals surface area contributed by atoms with Crippen LogP contribution in [0.4, 0.5) is 0 Å². The second-order valence-corrected chi connectivity index (χ2v) is 19.7. The molecule has 66 heavy (non-hydrogen) atoms. The minimum absolute atomic E-state index is 0.0909. The Morgan fingerprint density at radius 1 is 1.08 bits per heavy atom. The third-order valence-corrected chi connectivity index (χ3v) is 12.9. The number of cyclic esters (lactones) is 1. The highest BCUT2D eigenvalue weighted by atomic mass is 16.5. The molecule has 14 heteroatoms. The lowest BCUT2D eigenvalue weighted by Crippen LogP contribution is -2.61. The number of carbonyl (C=O) groups is 4. The van der Waals surface area contributed by atoms with Gasteiger partial charge in [-0.2, -0.15) is 0 Å². The molecule has 4 atom stereocenters. The molecule has 352 valence electrons. The number of hydrogen-bond donors (Lipinski definition) is 3. The SMILES string of the molecule is CCn1c(-c2cccnc2[C@H](C)OC)c2c3cc(ccc31)-c1cccc(c1)C[C@H](NC(=O)C(COC1CN(C(=O)C#CC(C)(C)O)C1)C(C)C)C(=O)N1CCC[C@H](N1)C(=O)OCC(C)(C)C2. The van der Waals surface area contributed by atoms with Crippen molar-refractivity contribution in [2.45, 2.75) is 118 Å². The first-order chi connectivity index (χ1) is 31.4. The number of aryl methyl sites for hydroxylation is 1. The Kier molecular flexibility index (Phi) is 14.7. The fourth-order valence-corrected chi connectivity index (χ4v) is 9.07. The Morgan fingerprint density at radius 2 is 1.83 bits per heavy atom. The van der Waals surface area contributed by atoms with Crippen LogP contribution in [0.25, 0.3) is 33.3 Å². The third-order valence-electron chi connectivity index (χ3n) is 12.9. The van der Waals surface area contributed by atoms with Gasteiger partial charge in [-0.15, -0.1) is 0 Å². The Balaban J connectivity index is 1.22. The lowest BCUT2D eigenvalue weighted by Gasteiger charge is -2.38. The van der Waals surface area contributed by atoms with Crippen LogP contribution in [0.5, 0.6) is 0 Å². The van der Waals surface area contributed by atoms with Gasteiger partial charge in [-0.25, -0.2) is 5.43 Å². The highest BCUT2D eigenvalue weighted by Crippen LogP contribution is 2.42. The van der Waals surface area contributed by atoms with Crippen molar-refractivity contribution in [1.29, 1.82) is 0 Å². The fourth-order valence-electron chi connectivity index (χ4n) is 9.07. The molecule has 0 aliphatic carbocycles. The van der Waals surface area contributed by atoms with E-state index in [2.05, 4.69) is 84.3 Å². The van der Waals surface area contributed by atoms with Crippen LogP contribution in [0.3, 0.4) is 0 Å². The molecule has 2 aromatic carbocycles. The summed E-state index contributed by atoms with van der Waals surface area (Å²) in [7, 11) is 1.69. The third kappa shape index (κ3) is 11.0. The van der Waals surface area contributed by atoms with E-state index in [1.54, 1.807) is 13.3 Å². The van der Waals surface area contributed by atoms with Crippen molar-refractivity contribution in [3.63, 3.8) is 0 Å². The number of nitrogens with one attached hydrogen (secondary N) is 2. The molecular weight excluding hydrogens is 837 g/mol. The number of aromatic nitrogens is 2. The topological polar surface area (TPSA) is 165 Å². The number of methoxy groups -OCH3 is 1. The molecule has 0 spiro atoms. The number of ether oxygens (including phenoxy) is 3. The second kappa shape index (κ2) is 20.1. The van der Waals surface area contributed by atoms with Gasteiger partial charge in [0.2, 0.25) is 5.91 Å². The number of hydrazine groups is 1. The van der Waals surface area contributed by atoms with Crippen molar-refractivity contribution in [1.82, 2.24) is 30.2 Å². The van der Waals surface area contributed by atoms with E-state index in [4.69, 9.17) is 19.2 Å². The highest BCUT2D eigenvalue weighted by Gasteiger charge is 2.38. The molecule has 0 radical (unpaired) electrons. The average molecular weight is 903 g/mol. The largest absolute Gasteiger partial charge is 0.464 e. The normalized spacial score (nSPS) is 20.2. The summed E-state index contributed by atoms with van der Waals surface area (Å²) in [6.45, 7) is 17.2. The standard InChI is InChI=1S/C52H66N6O8/c1-10-57-44-19-18-36-26-39(44)40(47(57)38-16-12-22-53-46(38)33(4)64-9)27-51(5,6)31-66-50(62)42-17-13-23-58(55-42)49(61)43(25-34-14-11-15-35(36)24-34)54-48(60)41(32(2)3)30-65-37-28-56(29-37)45(59)20-21-52(7,8)63/h11-12,14-16,18-19,22,24,26,32-33,37,41-43,55,63H,10,13,17,23,25,27-31H2,1-9H3,(H,54,60)/t33-,41?,42-,43-/m0/s1. The number of pyridine rings is 1. The van der Waals surface area contributed by atoms with E-state index in [1.165, 1.54) is 23.8 Å². The molecule has 0 saturated carbocycles. The van der Waals surface area contributed by atoms with E-state index in [0.29, 0.717) is 45.4 Å². The predicted molar refractivity (Wildman–Crippen MR) is 252 cm³/mol. The number of fused-ring (bicyclic) bond motifs is 6. The van der Waals surface area contributed by atoms with Gasteiger partial charge in [-0.05, 0) is 105 Å². The summed E-state index contributed by atoms with van der Waals surface area (Å²) in [5.74, 6) is 2.78. The number of hydrogen-bond acceptors (Lipinski definition) is 10. The van der Waals surface area contributed by atoms with E-state index in [9.17, 15) is 24.3 Å². The molecule has 4 aromatic rings. The smallest absolute Gasteiger partial charge is 0.324 e. The van der Waals surface area contributed by atoms with Crippen molar-refractivity contribution in [2.75, 3.05) is 40.0 Å². The fraction of sp³-hybridized carbons (Fsp3) is 0.519. The van der Waals surface area contributed by atoms with Crippen LogP contribution in [0, 0.1) is 29.1 Å². The average Bonchev–Trinajstić information content (AvgIpc) is 3.58. The number of amides is 3. The number of benzene rings is 2. The van der Waals surface area contributed by atoms with Crippen LogP contribution in [-0.4, -0.2) is 112 Å². The molecule has 3 aliphatic heterocycles. The van der Waals surface area contributed by atoms with Gasteiger partial charge in [0, 0.05) is 67.8 Å². The zero-order chi connectivity index (χ0) is 47.5. The van der Waals surface area contributed by atoms with Gasteiger partial charge < -0.3 is 34.1 Å². The van der Waals surface area contributed by atoms with Crippen molar-refractivity contribution >= 4 is 34.6 Å². The molecule has 2 fully saturated rings. The summed E-state index contributed by atoms with van der Waals surface area (Å²) in [5.41, 5.74) is 9.32. The van der Waals surface area contributed by atoms with Gasteiger partial charge in [0.05, 0.1) is 42.7 Å². The number of aliphatic hydroxyl groups is 1. The lowest BCUT2D eigenvalue weighted by molar-refractivity contribution is -0.155.